The second-order valence-corrected chi connectivity index (χ2v) is 6.89. The van der Waals surface area contributed by atoms with Crippen LogP contribution in [0.5, 0.6) is 0 Å². The Balaban J connectivity index is 1.34. The van der Waals surface area contributed by atoms with Crippen LogP contribution in [0.1, 0.15) is 59.5 Å². The maximum atomic E-state index is 12.4. The fourth-order valence-corrected chi connectivity index (χ4v) is 3.56. The average Bonchev–Trinajstić information content (AvgIpc) is 3.20. The Labute approximate surface area is 144 Å². The van der Waals surface area contributed by atoms with E-state index in [2.05, 4.69) is 26.2 Å². The van der Waals surface area contributed by atoms with Gasteiger partial charge >= 0.3 is 0 Å². The first kappa shape index (κ1) is 14.6. The zero-order valence-corrected chi connectivity index (χ0v) is 13.8. The molecule has 0 spiro atoms. The second-order valence-electron chi connectivity index (χ2n) is 6.89. The summed E-state index contributed by atoms with van der Waals surface area (Å²) in [5.74, 6) is 1.82. The van der Waals surface area contributed by atoms with Crippen molar-refractivity contribution in [3.63, 3.8) is 0 Å². The number of fused-ring (bicyclic) bond motifs is 1. The molecule has 0 aromatic carbocycles. The molecule has 0 bridgehead atoms. The third-order valence-corrected chi connectivity index (χ3v) is 5.18. The van der Waals surface area contributed by atoms with E-state index in [-0.39, 0.29) is 11.8 Å². The summed E-state index contributed by atoms with van der Waals surface area (Å²) >= 11 is 0. The third kappa shape index (κ3) is 2.57. The smallest absolute Gasteiger partial charge is 0.271 e. The number of nitrogens with zero attached hydrogens (tertiary/aromatic N) is 6. The number of H-pyrrole nitrogens is 1. The van der Waals surface area contributed by atoms with Gasteiger partial charge in [0.15, 0.2) is 11.5 Å². The van der Waals surface area contributed by atoms with E-state index in [1.165, 1.54) is 19.2 Å². The van der Waals surface area contributed by atoms with Gasteiger partial charge in [-0.3, -0.25) is 4.79 Å². The van der Waals surface area contributed by atoms with Gasteiger partial charge in [-0.25, -0.2) is 4.98 Å². The Hall–Kier alpha value is -2.77. The van der Waals surface area contributed by atoms with Gasteiger partial charge in [0.25, 0.3) is 5.91 Å². The van der Waals surface area contributed by atoms with Crippen molar-refractivity contribution < 1.29 is 4.79 Å². The van der Waals surface area contributed by atoms with Gasteiger partial charge in [-0.15, -0.1) is 10.2 Å². The topological polar surface area (TPSA) is 92.1 Å². The first-order chi connectivity index (χ1) is 12.3. The highest BCUT2D eigenvalue weighted by atomic mass is 16.2. The second kappa shape index (κ2) is 5.65. The maximum Gasteiger partial charge on any atom is 0.271 e. The number of carbonyl (C=O) groups is 1. The van der Waals surface area contributed by atoms with E-state index < -0.39 is 0 Å². The minimum Gasteiger partial charge on any atom is -0.341 e. The molecule has 2 aliphatic rings. The molecule has 0 radical (unpaired) electrons. The van der Waals surface area contributed by atoms with Gasteiger partial charge < -0.3 is 9.88 Å². The number of likely N-dealkylation sites (tertiary alicyclic amines) is 1. The molecule has 8 heteroatoms. The highest BCUT2D eigenvalue weighted by Gasteiger charge is 2.29. The van der Waals surface area contributed by atoms with E-state index in [1.807, 2.05) is 15.5 Å². The van der Waals surface area contributed by atoms with Gasteiger partial charge in [-0.1, -0.05) is 0 Å². The molecule has 3 aromatic heterocycles. The van der Waals surface area contributed by atoms with Crippen LogP contribution in [-0.2, 0) is 0 Å². The van der Waals surface area contributed by atoms with Crippen molar-refractivity contribution in [1.29, 1.82) is 0 Å². The van der Waals surface area contributed by atoms with Crippen molar-refractivity contribution in [2.24, 2.45) is 0 Å². The standard InChI is InChI=1S/C17H19N7O/c25-17(14-9-18-10-19-14)23-7-5-12(6-8-23)16-21-20-15-4-3-13(11-1-2-11)22-24(15)16/h3-4,9-12H,1-2,5-8H2,(H,18,19). The fraction of sp³-hybridized carbons (Fsp3) is 0.471. The van der Waals surface area contributed by atoms with Gasteiger partial charge in [-0.2, -0.15) is 9.61 Å². The molecular formula is C17H19N7O. The summed E-state index contributed by atoms with van der Waals surface area (Å²) in [5.41, 5.74) is 2.48. The van der Waals surface area contributed by atoms with E-state index >= 15 is 0 Å². The van der Waals surface area contributed by atoms with Gasteiger partial charge in [-0.05, 0) is 37.8 Å². The highest BCUT2D eigenvalue weighted by Crippen LogP contribution is 2.39. The molecule has 1 saturated heterocycles. The first-order valence-electron chi connectivity index (χ1n) is 8.79. The van der Waals surface area contributed by atoms with Crippen LogP contribution in [0.25, 0.3) is 5.65 Å². The summed E-state index contributed by atoms with van der Waals surface area (Å²) < 4.78 is 1.91. The van der Waals surface area contributed by atoms with E-state index in [9.17, 15) is 4.79 Å². The zero-order valence-electron chi connectivity index (χ0n) is 13.8. The van der Waals surface area contributed by atoms with Crippen LogP contribution in [0.2, 0.25) is 0 Å². The van der Waals surface area contributed by atoms with Crippen molar-refractivity contribution in [1.82, 2.24) is 34.7 Å². The Morgan fingerprint density at radius 3 is 2.64 bits per heavy atom. The summed E-state index contributed by atoms with van der Waals surface area (Å²) in [5, 5.41) is 13.4. The lowest BCUT2D eigenvalue weighted by atomic mass is 9.96. The summed E-state index contributed by atoms with van der Waals surface area (Å²) in [6.07, 6.45) is 7.30. The lowest BCUT2D eigenvalue weighted by molar-refractivity contribution is 0.0705. The number of hydrogen-bond acceptors (Lipinski definition) is 5. The van der Waals surface area contributed by atoms with Crippen LogP contribution in [0.4, 0.5) is 0 Å². The number of aromatic amines is 1. The number of amides is 1. The number of nitrogens with one attached hydrogen (secondary N) is 1. The highest BCUT2D eigenvalue weighted by molar-refractivity contribution is 5.92. The number of aromatic nitrogens is 6. The Kier molecular flexibility index (Phi) is 3.29. The van der Waals surface area contributed by atoms with E-state index in [4.69, 9.17) is 5.10 Å². The molecule has 2 fully saturated rings. The van der Waals surface area contributed by atoms with E-state index in [1.54, 1.807) is 6.20 Å². The monoisotopic (exact) mass is 337 g/mol. The number of rotatable bonds is 3. The molecule has 128 valence electrons. The number of piperidine rings is 1. The van der Waals surface area contributed by atoms with Gasteiger partial charge in [0.05, 0.1) is 18.2 Å². The Bertz CT molecular complexity index is 904. The Morgan fingerprint density at radius 2 is 1.92 bits per heavy atom. The Morgan fingerprint density at radius 1 is 1.08 bits per heavy atom. The van der Waals surface area contributed by atoms with Crippen LogP contribution >= 0.6 is 0 Å². The van der Waals surface area contributed by atoms with E-state index in [0.29, 0.717) is 24.7 Å². The van der Waals surface area contributed by atoms with Crippen molar-refractivity contribution >= 4 is 11.6 Å². The molecule has 1 amide bonds. The number of imidazole rings is 1. The minimum atomic E-state index is 0.0104. The van der Waals surface area contributed by atoms with Crippen LogP contribution in [0, 0.1) is 0 Å². The number of hydrogen-bond donors (Lipinski definition) is 1. The molecule has 0 unspecified atom stereocenters. The third-order valence-electron chi connectivity index (χ3n) is 5.18. The molecule has 25 heavy (non-hydrogen) atoms. The number of carbonyl (C=O) groups excluding carboxylic acids is 1. The predicted molar refractivity (Wildman–Crippen MR) is 89.2 cm³/mol. The minimum absolute atomic E-state index is 0.0104. The zero-order chi connectivity index (χ0) is 16.8. The van der Waals surface area contributed by atoms with Crippen LogP contribution in [-0.4, -0.2) is 53.7 Å². The van der Waals surface area contributed by atoms with Gasteiger partial charge in [0.1, 0.15) is 5.69 Å². The molecular weight excluding hydrogens is 318 g/mol. The molecule has 0 atom stereocenters. The maximum absolute atomic E-state index is 12.4. The molecule has 1 N–H and O–H groups in total. The lowest BCUT2D eigenvalue weighted by Gasteiger charge is -2.30. The normalized spacial score (nSPS) is 18.8. The van der Waals surface area contributed by atoms with Gasteiger partial charge in [0, 0.05) is 24.9 Å². The molecule has 1 saturated carbocycles. The van der Waals surface area contributed by atoms with Crippen molar-refractivity contribution in [3.8, 4) is 0 Å². The molecule has 1 aliphatic heterocycles. The summed E-state index contributed by atoms with van der Waals surface area (Å²) in [6, 6.07) is 4.07. The van der Waals surface area contributed by atoms with Gasteiger partial charge in [0.2, 0.25) is 0 Å². The fourth-order valence-electron chi connectivity index (χ4n) is 3.56. The average molecular weight is 337 g/mol. The molecule has 4 heterocycles. The quantitative estimate of drug-likeness (QED) is 0.786. The molecule has 5 rings (SSSR count). The lowest BCUT2D eigenvalue weighted by Crippen LogP contribution is -2.38. The van der Waals surface area contributed by atoms with E-state index in [0.717, 1.165) is 30.0 Å². The summed E-state index contributed by atoms with van der Waals surface area (Å²) in [7, 11) is 0. The van der Waals surface area contributed by atoms with Crippen LogP contribution < -0.4 is 0 Å². The van der Waals surface area contributed by atoms with Crippen molar-refractivity contribution in [2.75, 3.05) is 13.1 Å². The molecule has 3 aromatic rings. The largest absolute Gasteiger partial charge is 0.341 e. The van der Waals surface area contributed by atoms with Crippen molar-refractivity contribution in [3.05, 3.63) is 41.9 Å². The predicted octanol–water partition coefficient (Wildman–Crippen LogP) is 1.74. The van der Waals surface area contributed by atoms with Crippen molar-refractivity contribution in [2.45, 2.75) is 37.5 Å². The summed E-state index contributed by atoms with van der Waals surface area (Å²) in [4.78, 5) is 21.1. The summed E-state index contributed by atoms with van der Waals surface area (Å²) in [6.45, 7) is 1.42. The molecule has 8 nitrogen and oxygen atoms in total. The molecule has 1 aliphatic carbocycles. The SMILES string of the molecule is O=C(c1cnc[nH]1)N1CCC(c2nnc3ccc(C4CC4)nn23)CC1. The first-order valence-corrected chi connectivity index (χ1v) is 8.79. The van der Waals surface area contributed by atoms with Crippen LogP contribution in [0.15, 0.2) is 24.7 Å². The van der Waals surface area contributed by atoms with Crippen LogP contribution in [0.3, 0.4) is 0 Å².